The van der Waals surface area contributed by atoms with Crippen molar-refractivity contribution in [2.24, 2.45) is 0 Å². The molecule has 0 bridgehead atoms. The number of carbonyl (C=O) groups excluding carboxylic acids is 2. The Morgan fingerprint density at radius 2 is 2.00 bits per heavy atom. The Bertz CT molecular complexity index is 619. The standard InChI is InChI=1S/C13H15N3O3S/c1-3-19-11(18)13(2)6-4-8-9(16-12(20)15-8)5-7(6)14-10(13)17/h4-5,12,15-16,20H,3H2,1-2H3,(H,14,17). The number of rotatable bonds is 2. The van der Waals surface area contributed by atoms with Gasteiger partial charge in [-0.1, -0.05) is 0 Å². The van der Waals surface area contributed by atoms with Crippen molar-refractivity contribution >= 4 is 41.6 Å². The lowest BCUT2D eigenvalue weighted by molar-refractivity contribution is -0.152. The fourth-order valence-electron chi connectivity index (χ4n) is 2.53. The molecule has 2 aliphatic rings. The number of anilines is 3. The van der Waals surface area contributed by atoms with E-state index < -0.39 is 11.4 Å². The Kier molecular flexibility index (Phi) is 2.82. The Morgan fingerprint density at radius 3 is 2.65 bits per heavy atom. The largest absolute Gasteiger partial charge is 0.465 e. The van der Waals surface area contributed by atoms with Crippen molar-refractivity contribution in [3.8, 4) is 0 Å². The lowest BCUT2D eigenvalue weighted by Crippen LogP contribution is -2.40. The van der Waals surface area contributed by atoms with Crippen LogP contribution in [0.2, 0.25) is 0 Å². The first-order valence-corrected chi connectivity index (χ1v) is 6.86. The first-order chi connectivity index (χ1) is 9.46. The summed E-state index contributed by atoms with van der Waals surface area (Å²) in [6, 6.07) is 3.60. The number of thiol groups is 1. The second kappa shape index (κ2) is 4.31. The second-order valence-corrected chi connectivity index (χ2v) is 5.45. The van der Waals surface area contributed by atoms with Crippen LogP contribution in [0.5, 0.6) is 0 Å². The lowest BCUT2D eigenvalue weighted by Gasteiger charge is -2.20. The molecule has 2 aliphatic heterocycles. The first-order valence-electron chi connectivity index (χ1n) is 6.35. The third-order valence-electron chi connectivity index (χ3n) is 3.67. The summed E-state index contributed by atoms with van der Waals surface area (Å²) in [4.78, 5) is 24.4. The predicted octanol–water partition coefficient (Wildman–Crippen LogP) is 1.51. The van der Waals surface area contributed by atoms with Crippen LogP contribution in [0.3, 0.4) is 0 Å². The minimum Gasteiger partial charge on any atom is -0.465 e. The molecular weight excluding hydrogens is 278 g/mol. The van der Waals surface area contributed by atoms with Gasteiger partial charge >= 0.3 is 5.97 Å². The van der Waals surface area contributed by atoms with Crippen LogP contribution >= 0.6 is 12.6 Å². The number of ether oxygens (including phenoxy) is 1. The van der Waals surface area contributed by atoms with Gasteiger partial charge in [-0.2, -0.15) is 0 Å². The van der Waals surface area contributed by atoms with Gasteiger partial charge in [0.1, 0.15) is 5.50 Å². The molecule has 6 nitrogen and oxygen atoms in total. The number of esters is 1. The number of nitrogens with one attached hydrogen (secondary N) is 3. The Morgan fingerprint density at radius 1 is 1.35 bits per heavy atom. The predicted molar refractivity (Wildman–Crippen MR) is 79.1 cm³/mol. The Hall–Kier alpha value is -1.89. The van der Waals surface area contributed by atoms with E-state index >= 15 is 0 Å². The SMILES string of the molecule is CCOC(=O)C1(C)C(=O)Nc2cc3c(cc21)NC(S)N3. The van der Waals surface area contributed by atoms with Gasteiger partial charge in [-0.3, -0.25) is 9.59 Å². The molecule has 0 aliphatic carbocycles. The molecule has 0 spiro atoms. The minimum atomic E-state index is -1.31. The highest BCUT2D eigenvalue weighted by atomic mass is 32.1. The zero-order valence-corrected chi connectivity index (χ0v) is 12.0. The number of hydrogen-bond donors (Lipinski definition) is 4. The average molecular weight is 293 g/mol. The van der Waals surface area contributed by atoms with E-state index in [9.17, 15) is 9.59 Å². The van der Waals surface area contributed by atoms with Gasteiger partial charge in [0.25, 0.3) is 0 Å². The van der Waals surface area contributed by atoms with Crippen molar-refractivity contribution in [1.82, 2.24) is 0 Å². The molecule has 0 fully saturated rings. The molecule has 0 saturated carbocycles. The van der Waals surface area contributed by atoms with Gasteiger partial charge in [0.2, 0.25) is 5.91 Å². The molecule has 0 saturated heterocycles. The van der Waals surface area contributed by atoms with Crippen LogP contribution in [0.25, 0.3) is 0 Å². The molecule has 2 unspecified atom stereocenters. The summed E-state index contributed by atoms with van der Waals surface area (Å²) in [5.41, 5.74) is 1.42. The fraction of sp³-hybridized carbons (Fsp3) is 0.385. The van der Waals surface area contributed by atoms with Gasteiger partial charge in [-0.05, 0) is 26.0 Å². The fourth-order valence-corrected chi connectivity index (χ4v) is 2.81. The normalized spacial score (nSPS) is 26.1. The van der Waals surface area contributed by atoms with Crippen molar-refractivity contribution in [2.45, 2.75) is 24.8 Å². The van der Waals surface area contributed by atoms with Crippen LogP contribution in [0, 0.1) is 0 Å². The van der Waals surface area contributed by atoms with Crippen molar-refractivity contribution in [3.63, 3.8) is 0 Å². The molecule has 0 aromatic heterocycles. The van der Waals surface area contributed by atoms with Crippen LogP contribution in [-0.4, -0.2) is 24.0 Å². The van der Waals surface area contributed by atoms with Crippen LogP contribution < -0.4 is 16.0 Å². The maximum Gasteiger partial charge on any atom is 0.326 e. The quantitative estimate of drug-likeness (QED) is 0.378. The van der Waals surface area contributed by atoms with Crippen molar-refractivity contribution < 1.29 is 14.3 Å². The molecule has 7 heteroatoms. The average Bonchev–Trinajstić information content (AvgIpc) is 2.86. The van der Waals surface area contributed by atoms with E-state index in [1.54, 1.807) is 26.0 Å². The van der Waals surface area contributed by atoms with E-state index in [2.05, 4.69) is 28.6 Å². The van der Waals surface area contributed by atoms with Gasteiger partial charge in [0.05, 0.1) is 18.0 Å². The molecule has 3 rings (SSSR count). The number of benzene rings is 1. The first kappa shape index (κ1) is 13.1. The zero-order valence-electron chi connectivity index (χ0n) is 11.1. The van der Waals surface area contributed by atoms with Crippen LogP contribution in [0.15, 0.2) is 12.1 Å². The molecule has 1 aromatic carbocycles. The summed E-state index contributed by atoms with van der Waals surface area (Å²) in [7, 11) is 0. The molecule has 1 amide bonds. The van der Waals surface area contributed by atoms with Gasteiger partial charge in [-0.15, -0.1) is 12.6 Å². The Labute approximate surface area is 121 Å². The van der Waals surface area contributed by atoms with E-state index in [1.165, 1.54) is 0 Å². The van der Waals surface area contributed by atoms with Gasteiger partial charge in [0.15, 0.2) is 5.41 Å². The summed E-state index contributed by atoms with van der Waals surface area (Å²) in [6.07, 6.45) is 0. The van der Waals surface area contributed by atoms with Crippen molar-refractivity contribution in [2.75, 3.05) is 22.6 Å². The molecule has 3 N–H and O–H groups in total. The van der Waals surface area contributed by atoms with E-state index in [-0.39, 0.29) is 18.0 Å². The molecule has 1 aromatic rings. The minimum absolute atomic E-state index is 0.183. The molecule has 2 atom stereocenters. The highest BCUT2D eigenvalue weighted by Crippen LogP contribution is 2.44. The number of fused-ring (bicyclic) bond motifs is 2. The van der Waals surface area contributed by atoms with Crippen LogP contribution in [0.1, 0.15) is 19.4 Å². The second-order valence-electron chi connectivity index (χ2n) is 4.93. The number of carbonyl (C=O) groups is 2. The van der Waals surface area contributed by atoms with Gasteiger partial charge < -0.3 is 20.7 Å². The molecule has 0 radical (unpaired) electrons. The van der Waals surface area contributed by atoms with Crippen molar-refractivity contribution in [3.05, 3.63) is 17.7 Å². The summed E-state index contributed by atoms with van der Waals surface area (Å²) in [5, 5.41) is 8.96. The Balaban J connectivity index is 2.09. The van der Waals surface area contributed by atoms with E-state index in [4.69, 9.17) is 4.74 Å². The zero-order chi connectivity index (χ0) is 14.5. The number of amides is 1. The number of hydrogen-bond acceptors (Lipinski definition) is 6. The topological polar surface area (TPSA) is 79.5 Å². The maximum atomic E-state index is 12.2. The van der Waals surface area contributed by atoms with Gasteiger partial charge in [0, 0.05) is 11.3 Å². The van der Waals surface area contributed by atoms with E-state index in [0.29, 0.717) is 11.3 Å². The maximum absolute atomic E-state index is 12.2. The van der Waals surface area contributed by atoms with E-state index in [1.807, 2.05) is 0 Å². The summed E-state index contributed by atoms with van der Waals surface area (Å²) < 4.78 is 5.05. The van der Waals surface area contributed by atoms with Crippen LogP contribution in [-0.2, 0) is 19.7 Å². The highest BCUT2D eigenvalue weighted by Gasteiger charge is 2.51. The van der Waals surface area contributed by atoms with Crippen molar-refractivity contribution in [1.29, 1.82) is 0 Å². The monoisotopic (exact) mass is 293 g/mol. The van der Waals surface area contributed by atoms with E-state index in [0.717, 1.165) is 11.4 Å². The summed E-state index contributed by atoms with van der Waals surface area (Å²) in [5.74, 6) is -0.901. The molecule has 20 heavy (non-hydrogen) atoms. The van der Waals surface area contributed by atoms with Crippen LogP contribution in [0.4, 0.5) is 17.1 Å². The summed E-state index contributed by atoms with van der Waals surface area (Å²) in [6.45, 7) is 3.54. The highest BCUT2D eigenvalue weighted by molar-refractivity contribution is 7.81. The third kappa shape index (κ3) is 1.66. The third-order valence-corrected chi connectivity index (χ3v) is 3.93. The smallest absolute Gasteiger partial charge is 0.326 e. The molecule has 106 valence electrons. The van der Waals surface area contributed by atoms with Gasteiger partial charge in [-0.25, -0.2) is 0 Å². The lowest BCUT2D eigenvalue weighted by atomic mass is 9.83. The summed E-state index contributed by atoms with van der Waals surface area (Å²) >= 11 is 4.29. The molecule has 2 heterocycles. The molecular formula is C13H15N3O3S.